The van der Waals surface area contributed by atoms with E-state index in [0.717, 1.165) is 11.3 Å². The van der Waals surface area contributed by atoms with Gasteiger partial charge in [0.05, 0.1) is 0 Å². The average Bonchev–Trinajstić information content (AvgIpc) is 2.69. The van der Waals surface area contributed by atoms with Crippen LogP contribution in [0.25, 0.3) is 0 Å². The van der Waals surface area contributed by atoms with E-state index in [9.17, 15) is 4.79 Å². The maximum Gasteiger partial charge on any atom is 0.246 e. The van der Waals surface area contributed by atoms with Crippen LogP contribution in [-0.4, -0.2) is 11.9 Å². The highest BCUT2D eigenvalue weighted by molar-refractivity contribution is 6.02. The second-order valence-electron chi connectivity index (χ2n) is 5.72. The van der Waals surface area contributed by atoms with E-state index in [1.807, 2.05) is 24.3 Å². The smallest absolute Gasteiger partial charge is 0.246 e. The lowest BCUT2D eigenvalue weighted by atomic mass is 9.95. The van der Waals surface area contributed by atoms with Gasteiger partial charge in [-0.1, -0.05) is 50.3 Å². The molecule has 1 atom stereocenters. The van der Waals surface area contributed by atoms with Crippen LogP contribution in [0.4, 0.5) is 5.69 Å². The van der Waals surface area contributed by atoms with Crippen LogP contribution in [-0.2, 0) is 4.79 Å². The topological polar surface area (TPSA) is 41.1 Å². The SMILES string of the molecule is O=C1Nc2ccccc2C1NC1CCCCCCC1. The number of carbonyl (C=O) groups is 1. The van der Waals surface area contributed by atoms with Gasteiger partial charge in [-0.2, -0.15) is 0 Å². The Morgan fingerprint density at radius 1 is 1.00 bits per heavy atom. The molecule has 3 rings (SSSR count). The van der Waals surface area contributed by atoms with Gasteiger partial charge >= 0.3 is 0 Å². The Bertz CT molecular complexity index is 450. The minimum Gasteiger partial charge on any atom is -0.324 e. The first kappa shape index (κ1) is 12.7. The van der Waals surface area contributed by atoms with Crippen molar-refractivity contribution in [1.82, 2.24) is 5.32 Å². The van der Waals surface area contributed by atoms with E-state index in [1.165, 1.54) is 44.9 Å². The molecule has 1 fully saturated rings. The van der Waals surface area contributed by atoms with E-state index in [4.69, 9.17) is 0 Å². The Labute approximate surface area is 114 Å². The Morgan fingerprint density at radius 3 is 2.47 bits per heavy atom. The molecule has 102 valence electrons. The maximum atomic E-state index is 12.1. The lowest BCUT2D eigenvalue weighted by Crippen LogP contribution is -2.36. The third-order valence-electron chi connectivity index (χ3n) is 4.30. The first-order valence-corrected chi connectivity index (χ1v) is 7.50. The van der Waals surface area contributed by atoms with Crippen LogP contribution in [0.15, 0.2) is 24.3 Å². The van der Waals surface area contributed by atoms with Crippen molar-refractivity contribution in [1.29, 1.82) is 0 Å². The van der Waals surface area contributed by atoms with Crippen molar-refractivity contribution in [3.8, 4) is 0 Å². The van der Waals surface area contributed by atoms with Crippen molar-refractivity contribution in [3.05, 3.63) is 29.8 Å². The summed E-state index contributed by atoms with van der Waals surface area (Å²) in [6, 6.07) is 8.34. The van der Waals surface area contributed by atoms with Gasteiger partial charge in [-0.25, -0.2) is 0 Å². The molecular weight excluding hydrogens is 236 g/mol. The van der Waals surface area contributed by atoms with Crippen molar-refractivity contribution in [3.63, 3.8) is 0 Å². The van der Waals surface area contributed by atoms with Crippen molar-refractivity contribution in [2.75, 3.05) is 5.32 Å². The minimum atomic E-state index is -0.152. The van der Waals surface area contributed by atoms with E-state index in [2.05, 4.69) is 10.6 Å². The molecule has 1 aliphatic heterocycles. The fourth-order valence-corrected chi connectivity index (χ4v) is 3.23. The second kappa shape index (κ2) is 5.74. The monoisotopic (exact) mass is 258 g/mol. The van der Waals surface area contributed by atoms with Crippen molar-refractivity contribution < 1.29 is 4.79 Å². The van der Waals surface area contributed by atoms with Gasteiger partial charge in [-0.15, -0.1) is 0 Å². The van der Waals surface area contributed by atoms with Crippen molar-refractivity contribution in [2.45, 2.75) is 57.0 Å². The maximum absolute atomic E-state index is 12.1. The first-order valence-electron chi connectivity index (χ1n) is 7.50. The largest absolute Gasteiger partial charge is 0.324 e. The van der Waals surface area contributed by atoms with Gasteiger partial charge in [-0.05, 0) is 18.9 Å². The number of amides is 1. The number of benzene rings is 1. The first-order chi connectivity index (χ1) is 9.34. The van der Waals surface area contributed by atoms with E-state index < -0.39 is 0 Å². The number of hydrogen-bond acceptors (Lipinski definition) is 2. The number of anilines is 1. The van der Waals surface area contributed by atoms with E-state index in [1.54, 1.807) is 0 Å². The molecule has 3 heteroatoms. The molecule has 0 aromatic heterocycles. The number of para-hydroxylation sites is 1. The fourth-order valence-electron chi connectivity index (χ4n) is 3.23. The zero-order chi connectivity index (χ0) is 13.1. The van der Waals surface area contributed by atoms with E-state index in [-0.39, 0.29) is 11.9 Å². The van der Waals surface area contributed by atoms with Gasteiger partial charge < -0.3 is 5.32 Å². The summed E-state index contributed by atoms with van der Waals surface area (Å²) in [4.78, 5) is 12.1. The molecule has 0 bridgehead atoms. The molecule has 0 spiro atoms. The van der Waals surface area contributed by atoms with Gasteiger partial charge in [0.1, 0.15) is 6.04 Å². The molecule has 0 saturated heterocycles. The highest BCUT2D eigenvalue weighted by atomic mass is 16.2. The van der Waals surface area contributed by atoms with Gasteiger partial charge in [0.2, 0.25) is 5.91 Å². The van der Waals surface area contributed by atoms with Gasteiger partial charge in [0.25, 0.3) is 0 Å². The summed E-state index contributed by atoms with van der Waals surface area (Å²) in [6.45, 7) is 0. The molecule has 2 N–H and O–H groups in total. The van der Waals surface area contributed by atoms with Crippen molar-refractivity contribution >= 4 is 11.6 Å². The predicted molar refractivity (Wildman–Crippen MR) is 77.1 cm³/mol. The second-order valence-corrected chi connectivity index (χ2v) is 5.72. The van der Waals surface area contributed by atoms with Gasteiger partial charge in [0, 0.05) is 17.3 Å². The standard InChI is InChI=1S/C16H22N2O/c19-16-15(13-10-6-7-11-14(13)18-16)17-12-8-4-2-1-3-5-9-12/h6-7,10-12,15,17H,1-5,8-9H2,(H,18,19). The fraction of sp³-hybridized carbons (Fsp3) is 0.562. The zero-order valence-corrected chi connectivity index (χ0v) is 11.3. The molecule has 1 heterocycles. The lowest BCUT2D eigenvalue weighted by molar-refractivity contribution is -0.117. The Hall–Kier alpha value is -1.35. The van der Waals surface area contributed by atoms with E-state index in [0.29, 0.717) is 6.04 Å². The molecule has 3 nitrogen and oxygen atoms in total. The Kier molecular flexibility index (Phi) is 3.83. The van der Waals surface area contributed by atoms with Crippen LogP contribution in [0.3, 0.4) is 0 Å². The van der Waals surface area contributed by atoms with Crippen LogP contribution in [0.2, 0.25) is 0 Å². The average molecular weight is 258 g/mol. The quantitative estimate of drug-likeness (QED) is 0.853. The Balaban J connectivity index is 1.70. The predicted octanol–water partition coefficient (Wildman–Crippen LogP) is 3.38. The summed E-state index contributed by atoms with van der Waals surface area (Å²) in [5, 5.41) is 6.54. The number of carbonyl (C=O) groups excluding carboxylic acids is 1. The summed E-state index contributed by atoms with van der Waals surface area (Å²) in [7, 11) is 0. The molecular formula is C16H22N2O. The van der Waals surface area contributed by atoms with Crippen LogP contribution >= 0.6 is 0 Å². The van der Waals surface area contributed by atoms with Gasteiger partial charge in [-0.3, -0.25) is 10.1 Å². The summed E-state index contributed by atoms with van der Waals surface area (Å²) < 4.78 is 0. The third kappa shape index (κ3) is 2.81. The molecule has 1 aliphatic carbocycles. The molecule has 19 heavy (non-hydrogen) atoms. The Morgan fingerprint density at radius 2 is 1.68 bits per heavy atom. The minimum absolute atomic E-state index is 0.100. The third-order valence-corrected chi connectivity index (χ3v) is 4.30. The number of rotatable bonds is 2. The van der Waals surface area contributed by atoms with Crippen molar-refractivity contribution in [2.24, 2.45) is 0 Å². The number of fused-ring (bicyclic) bond motifs is 1. The summed E-state index contributed by atoms with van der Waals surface area (Å²) in [5.41, 5.74) is 2.07. The van der Waals surface area contributed by atoms with Crippen LogP contribution < -0.4 is 10.6 Å². The van der Waals surface area contributed by atoms with Crippen LogP contribution in [0, 0.1) is 0 Å². The molecule has 1 unspecified atom stereocenters. The molecule has 2 aliphatic rings. The molecule has 1 saturated carbocycles. The molecule has 1 amide bonds. The molecule has 1 aromatic carbocycles. The highest BCUT2D eigenvalue weighted by Gasteiger charge is 2.31. The molecule has 0 radical (unpaired) electrons. The summed E-state index contributed by atoms with van der Waals surface area (Å²) >= 11 is 0. The van der Waals surface area contributed by atoms with Crippen LogP contribution in [0.1, 0.15) is 56.6 Å². The lowest BCUT2D eigenvalue weighted by Gasteiger charge is -2.24. The normalized spacial score (nSPS) is 24.4. The number of hydrogen-bond donors (Lipinski definition) is 2. The highest BCUT2D eigenvalue weighted by Crippen LogP contribution is 2.31. The summed E-state index contributed by atoms with van der Waals surface area (Å²) in [5.74, 6) is 0.100. The summed E-state index contributed by atoms with van der Waals surface area (Å²) in [6.07, 6.45) is 9.02. The number of nitrogens with one attached hydrogen (secondary N) is 2. The molecule has 1 aromatic rings. The van der Waals surface area contributed by atoms with Gasteiger partial charge in [0.15, 0.2) is 0 Å². The van der Waals surface area contributed by atoms with E-state index >= 15 is 0 Å². The zero-order valence-electron chi connectivity index (χ0n) is 11.3. The van der Waals surface area contributed by atoms with Crippen LogP contribution in [0.5, 0.6) is 0 Å².